The number of benzene rings is 1. The molecular formula is C15H15N5O4. The van der Waals surface area contributed by atoms with Gasteiger partial charge in [0.2, 0.25) is 11.8 Å². The zero-order valence-corrected chi connectivity index (χ0v) is 12.7. The Hall–Kier alpha value is -3.23. The van der Waals surface area contributed by atoms with E-state index in [2.05, 4.69) is 15.6 Å². The first-order valence-corrected chi connectivity index (χ1v) is 7.36. The molecule has 1 aromatic carbocycles. The summed E-state index contributed by atoms with van der Waals surface area (Å²) in [6.07, 6.45) is 2.55. The van der Waals surface area contributed by atoms with Crippen molar-refractivity contribution in [1.29, 1.82) is 0 Å². The van der Waals surface area contributed by atoms with Gasteiger partial charge in [0.15, 0.2) is 5.69 Å². The van der Waals surface area contributed by atoms with Gasteiger partial charge in [0.25, 0.3) is 0 Å². The minimum Gasteiger partial charge on any atom is -0.476 e. The Morgan fingerprint density at radius 1 is 1.33 bits per heavy atom. The van der Waals surface area contributed by atoms with Gasteiger partial charge < -0.3 is 15.3 Å². The molecule has 0 bridgehead atoms. The molecule has 1 aliphatic heterocycles. The van der Waals surface area contributed by atoms with E-state index in [0.29, 0.717) is 18.7 Å². The van der Waals surface area contributed by atoms with E-state index in [1.165, 1.54) is 6.20 Å². The lowest BCUT2D eigenvalue weighted by Gasteiger charge is -2.16. The molecule has 9 nitrogen and oxygen atoms in total. The molecule has 1 saturated heterocycles. The number of aromatic nitrogens is 3. The number of nitrogens with one attached hydrogen (secondary N) is 1. The Morgan fingerprint density at radius 3 is 2.83 bits per heavy atom. The second-order valence-electron chi connectivity index (χ2n) is 5.35. The van der Waals surface area contributed by atoms with Gasteiger partial charge in [0.05, 0.1) is 6.20 Å². The molecule has 9 heteroatoms. The Morgan fingerprint density at radius 2 is 2.17 bits per heavy atom. The summed E-state index contributed by atoms with van der Waals surface area (Å²) in [6, 6.07) is 7.01. The van der Waals surface area contributed by atoms with Crippen LogP contribution in [-0.2, 0) is 16.1 Å². The van der Waals surface area contributed by atoms with Crippen molar-refractivity contribution in [3.05, 3.63) is 36.2 Å². The van der Waals surface area contributed by atoms with Crippen molar-refractivity contribution >= 4 is 29.2 Å². The molecule has 1 fully saturated rings. The maximum absolute atomic E-state index is 12.0. The fourth-order valence-electron chi connectivity index (χ4n) is 2.49. The molecule has 124 valence electrons. The average molecular weight is 329 g/mol. The molecule has 0 unspecified atom stereocenters. The predicted molar refractivity (Wildman–Crippen MR) is 83.6 cm³/mol. The van der Waals surface area contributed by atoms with Crippen LogP contribution >= 0.6 is 0 Å². The monoisotopic (exact) mass is 329 g/mol. The number of carboxylic acids is 1. The van der Waals surface area contributed by atoms with Crippen molar-refractivity contribution in [2.75, 3.05) is 16.8 Å². The first-order valence-electron chi connectivity index (χ1n) is 7.36. The van der Waals surface area contributed by atoms with Crippen LogP contribution in [0, 0.1) is 0 Å². The molecule has 0 spiro atoms. The number of aromatic carboxylic acids is 1. The van der Waals surface area contributed by atoms with Gasteiger partial charge in [0, 0.05) is 24.3 Å². The minimum absolute atomic E-state index is 0.0716. The largest absolute Gasteiger partial charge is 0.476 e. The van der Waals surface area contributed by atoms with Crippen LogP contribution in [-0.4, -0.2) is 44.4 Å². The van der Waals surface area contributed by atoms with E-state index in [4.69, 9.17) is 5.11 Å². The summed E-state index contributed by atoms with van der Waals surface area (Å²) >= 11 is 0. The molecule has 1 aliphatic rings. The number of hydrogen-bond acceptors (Lipinski definition) is 5. The second kappa shape index (κ2) is 6.49. The first-order chi connectivity index (χ1) is 11.5. The van der Waals surface area contributed by atoms with Gasteiger partial charge in [-0.05, 0) is 24.6 Å². The lowest BCUT2D eigenvalue weighted by atomic mass is 10.2. The first kappa shape index (κ1) is 15.7. The second-order valence-corrected chi connectivity index (χ2v) is 5.35. The van der Waals surface area contributed by atoms with Crippen molar-refractivity contribution in [3.8, 4) is 0 Å². The van der Waals surface area contributed by atoms with E-state index in [1.54, 1.807) is 23.1 Å². The fraction of sp³-hybridized carbons (Fsp3) is 0.267. The normalized spacial score (nSPS) is 14.0. The van der Waals surface area contributed by atoms with Crippen molar-refractivity contribution in [2.45, 2.75) is 19.4 Å². The van der Waals surface area contributed by atoms with E-state index in [0.717, 1.165) is 16.8 Å². The summed E-state index contributed by atoms with van der Waals surface area (Å²) in [6.45, 7) is 0.514. The molecule has 2 aromatic rings. The molecule has 0 saturated carbocycles. The maximum Gasteiger partial charge on any atom is 0.358 e. The van der Waals surface area contributed by atoms with Crippen LogP contribution in [0.15, 0.2) is 30.5 Å². The van der Waals surface area contributed by atoms with Crippen LogP contribution in [0.4, 0.5) is 11.4 Å². The summed E-state index contributed by atoms with van der Waals surface area (Å²) in [5, 5.41) is 18.5. The van der Waals surface area contributed by atoms with Crippen LogP contribution < -0.4 is 10.2 Å². The molecule has 24 heavy (non-hydrogen) atoms. The van der Waals surface area contributed by atoms with E-state index in [9.17, 15) is 14.4 Å². The summed E-state index contributed by atoms with van der Waals surface area (Å²) in [7, 11) is 0. The zero-order chi connectivity index (χ0) is 17.1. The Labute approximate surface area is 136 Å². The van der Waals surface area contributed by atoms with Crippen molar-refractivity contribution < 1.29 is 19.5 Å². The van der Waals surface area contributed by atoms with Gasteiger partial charge in [-0.1, -0.05) is 11.3 Å². The summed E-state index contributed by atoms with van der Waals surface area (Å²) < 4.78 is 1.15. The van der Waals surface area contributed by atoms with Gasteiger partial charge >= 0.3 is 5.97 Å². The van der Waals surface area contributed by atoms with Crippen molar-refractivity contribution in [3.63, 3.8) is 0 Å². The van der Waals surface area contributed by atoms with Crippen LogP contribution in [0.1, 0.15) is 23.3 Å². The molecule has 0 radical (unpaired) electrons. The number of nitrogens with zero attached hydrogens (tertiary/aromatic N) is 4. The van der Waals surface area contributed by atoms with Crippen LogP contribution in [0.2, 0.25) is 0 Å². The number of anilines is 2. The number of hydrogen-bond donors (Lipinski definition) is 2. The van der Waals surface area contributed by atoms with Gasteiger partial charge in [0.1, 0.15) is 6.54 Å². The molecular weight excluding hydrogens is 314 g/mol. The molecule has 3 rings (SSSR count). The summed E-state index contributed by atoms with van der Waals surface area (Å²) in [4.78, 5) is 36.2. The van der Waals surface area contributed by atoms with Crippen molar-refractivity contribution in [2.24, 2.45) is 0 Å². The lowest BCUT2D eigenvalue weighted by molar-refractivity contribution is -0.117. The SMILES string of the molecule is O=C(Cn1cc(C(=O)O)nn1)Nc1cccc(N2CCCC2=O)c1. The highest BCUT2D eigenvalue weighted by molar-refractivity contribution is 5.97. The molecule has 2 amide bonds. The average Bonchev–Trinajstić information content (AvgIpc) is 3.16. The fourth-order valence-corrected chi connectivity index (χ4v) is 2.49. The number of carboxylic acid groups (broad SMARTS) is 1. The lowest BCUT2D eigenvalue weighted by Crippen LogP contribution is -2.24. The van der Waals surface area contributed by atoms with Crippen molar-refractivity contribution in [1.82, 2.24) is 15.0 Å². The topological polar surface area (TPSA) is 117 Å². The maximum atomic E-state index is 12.0. The van der Waals surface area contributed by atoms with Gasteiger partial charge in [-0.25, -0.2) is 9.48 Å². The third-order valence-electron chi connectivity index (χ3n) is 3.58. The highest BCUT2D eigenvalue weighted by Gasteiger charge is 2.21. The van der Waals surface area contributed by atoms with E-state index >= 15 is 0 Å². The number of carbonyl (C=O) groups excluding carboxylic acids is 2. The van der Waals surface area contributed by atoms with Crippen LogP contribution in [0.5, 0.6) is 0 Å². The number of amides is 2. The molecule has 0 atom stereocenters. The predicted octanol–water partition coefficient (Wildman–Crippen LogP) is 0.742. The van der Waals surface area contributed by atoms with Gasteiger partial charge in [-0.15, -0.1) is 5.10 Å². The standard InChI is InChI=1S/C15H15N5O4/c21-13(9-19-8-12(15(23)24)17-18-19)16-10-3-1-4-11(7-10)20-6-2-5-14(20)22/h1,3-4,7-8H,2,5-6,9H2,(H,16,21)(H,23,24). The summed E-state index contributed by atoms with van der Waals surface area (Å²) in [5.41, 5.74) is 1.07. The minimum atomic E-state index is -1.20. The highest BCUT2D eigenvalue weighted by atomic mass is 16.4. The third-order valence-corrected chi connectivity index (χ3v) is 3.58. The number of carbonyl (C=O) groups is 3. The van der Waals surface area contributed by atoms with Crippen LogP contribution in [0.3, 0.4) is 0 Å². The van der Waals surface area contributed by atoms with E-state index in [1.807, 2.05) is 6.07 Å². The summed E-state index contributed by atoms with van der Waals surface area (Å²) in [5.74, 6) is -1.51. The molecule has 1 aromatic heterocycles. The van der Waals surface area contributed by atoms with Gasteiger partial charge in [-0.3, -0.25) is 9.59 Å². The van der Waals surface area contributed by atoms with E-state index < -0.39 is 5.97 Å². The van der Waals surface area contributed by atoms with Gasteiger partial charge in [-0.2, -0.15) is 0 Å². The smallest absolute Gasteiger partial charge is 0.358 e. The molecule has 2 N–H and O–H groups in total. The Bertz CT molecular complexity index is 801. The molecule has 2 heterocycles. The quantitative estimate of drug-likeness (QED) is 0.835. The third kappa shape index (κ3) is 3.40. The number of rotatable bonds is 5. The molecule has 0 aliphatic carbocycles. The Balaban J connectivity index is 1.65. The highest BCUT2D eigenvalue weighted by Crippen LogP contribution is 2.24. The zero-order valence-electron chi connectivity index (χ0n) is 12.7. The van der Waals surface area contributed by atoms with Crippen LogP contribution in [0.25, 0.3) is 0 Å². The van der Waals surface area contributed by atoms with E-state index in [-0.39, 0.29) is 24.1 Å². The Kier molecular flexibility index (Phi) is 4.23.